The van der Waals surface area contributed by atoms with Gasteiger partial charge in [0.05, 0.1) is 0 Å². The van der Waals surface area contributed by atoms with Crippen LogP contribution in [-0.2, 0) is 0 Å². The molecule has 0 atom stereocenters. The third-order valence-corrected chi connectivity index (χ3v) is 5.34. The van der Waals surface area contributed by atoms with Gasteiger partial charge < -0.3 is 20.9 Å². The predicted molar refractivity (Wildman–Crippen MR) is 117 cm³/mol. The highest BCUT2D eigenvalue weighted by molar-refractivity contribution is 5.56. The van der Waals surface area contributed by atoms with Crippen LogP contribution in [-0.4, -0.2) is 54.1 Å². The molecule has 1 aromatic heterocycles. The molecule has 1 fully saturated rings. The van der Waals surface area contributed by atoms with E-state index >= 15 is 0 Å². The Hall–Kier alpha value is -2.18. The molecule has 1 heterocycles. The molecule has 1 saturated carbocycles. The number of hydrogen-bond donors (Lipinski definition) is 3. The standard InChI is InChI=1S/C22H34N6/c1-16-5-7-20(8-6-16)26-22-24-15-17(2)21(27-22)25-19-11-9-18(10-12-19)23-13-14-28(3)4/h5-8,15,18-19,23H,9-14H2,1-4H3,(H2,24,25,26,27). The molecular formula is C22H34N6. The minimum Gasteiger partial charge on any atom is -0.367 e. The lowest BCUT2D eigenvalue weighted by Crippen LogP contribution is -2.39. The molecule has 2 aromatic rings. The average Bonchev–Trinajstić information content (AvgIpc) is 2.67. The number of nitrogens with zero attached hydrogens (tertiary/aromatic N) is 3. The summed E-state index contributed by atoms with van der Waals surface area (Å²) in [7, 11) is 4.24. The maximum absolute atomic E-state index is 4.72. The van der Waals surface area contributed by atoms with E-state index in [-0.39, 0.29) is 0 Å². The van der Waals surface area contributed by atoms with Gasteiger partial charge in [-0.05, 0) is 65.8 Å². The Morgan fingerprint density at radius 2 is 1.68 bits per heavy atom. The van der Waals surface area contributed by atoms with E-state index in [4.69, 9.17) is 4.98 Å². The summed E-state index contributed by atoms with van der Waals surface area (Å²) < 4.78 is 0. The van der Waals surface area contributed by atoms with Crippen molar-refractivity contribution < 1.29 is 0 Å². The summed E-state index contributed by atoms with van der Waals surface area (Å²) in [5.41, 5.74) is 3.33. The zero-order chi connectivity index (χ0) is 19.9. The van der Waals surface area contributed by atoms with Gasteiger partial charge in [0.1, 0.15) is 5.82 Å². The molecule has 3 rings (SSSR count). The molecule has 1 aliphatic rings. The van der Waals surface area contributed by atoms with Gasteiger partial charge in [-0.1, -0.05) is 17.7 Å². The largest absolute Gasteiger partial charge is 0.367 e. The Balaban J connectivity index is 1.52. The van der Waals surface area contributed by atoms with Gasteiger partial charge in [0.25, 0.3) is 0 Å². The zero-order valence-electron chi connectivity index (χ0n) is 17.6. The average molecular weight is 383 g/mol. The third-order valence-electron chi connectivity index (χ3n) is 5.34. The second-order valence-corrected chi connectivity index (χ2v) is 8.17. The van der Waals surface area contributed by atoms with Gasteiger partial charge in [0.2, 0.25) is 5.95 Å². The monoisotopic (exact) mass is 382 g/mol. The van der Waals surface area contributed by atoms with E-state index in [1.54, 1.807) is 0 Å². The van der Waals surface area contributed by atoms with Crippen molar-refractivity contribution in [3.8, 4) is 0 Å². The van der Waals surface area contributed by atoms with Crippen LogP contribution < -0.4 is 16.0 Å². The molecule has 0 spiro atoms. The Morgan fingerprint density at radius 3 is 2.36 bits per heavy atom. The molecule has 1 aromatic carbocycles. The van der Waals surface area contributed by atoms with Gasteiger partial charge >= 0.3 is 0 Å². The lowest BCUT2D eigenvalue weighted by atomic mass is 9.91. The summed E-state index contributed by atoms with van der Waals surface area (Å²) in [5, 5.41) is 10.6. The number of likely N-dealkylation sites (N-methyl/N-ethyl adjacent to an activating group) is 1. The molecule has 0 amide bonds. The van der Waals surface area contributed by atoms with Gasteiger partial charge in [-0.3, -0.25) is 0 Å². The van der Waals surface area contributed by atoms with Crippen molar-refractivity contribution in [2.24, 2.45) is 0 Å². The first kappa shape index (κ1) is 20.6. The second kappa shape index (κ2) is 9.85. The van der Waals surface area contributed by atoms with Crippen LogP contribution >= 0.6 is 0 Å². The molecule has 0 radical (unpaired) electrons. The van der Waals surface area contributed by atoms with Crippen LogP contribution in [0, 0.1) is 13.8 Å². The molecule has 1 aliphatic carbocycles. The van der Waals surface area contributed by atoms with Crippen molar-refractivity contribution >= 4 is 17.5 Å². The summed E-state index contributed by atoms with van der Waals surface area (Å²) in [6, 6.07) is 9.39. The van der Waals surface area contributed by atoms with Crippen molar-refractivity contribution in [2.45, 2.75) is 51.6 Å². The lowest BCUT2D eigenvalue weighted by molar-refractivity contribution is 0.328. The van der Waals surface area contributed by atoms with E-state index in [0.717, 1.165) is 30.2 Å². The first-order valence-corrected chi connectivity index (χ1v) is 10.3. The van der Waals surface area contributed by atoms with E-state index in [1.165, 1.54) is 31.2 Å². The number of hydrogen-bond acceptors (Lipinski definition) is 6. The SMILES string of the molecule is Cc1ccc(Nc2ncc(C)c(NC3CCC(NCCN(C)C)CC3)n2)cc1. The molecule has 0 bridgehead atoms. The van der Waals surface area contributed by atoms with Crippen LogP contribution in [0.25, 0.3) is 0 Å². The number of aryl methyl sites for hydroxylation is 2. The van der Waals surface area contributed by atoms with Gasteiger partial charge in [-0.25, -0.2) is 4.98 Å². The zero-order valence-corrected chi connectivity index (χ0v) is 17.6. The topological polar surface area (TPSA) is 65.1 Å². The molecule has 152 valence electrons. The van der Waals surface area contributed by atoms with E-state index in [0.29, 0.717) is 18.0 Å². The quantitative estimate of drug-likeness (QED) is 0.647. The fourth-order valence-electron chi connectivity index (χ4n) is 3.54. The van der Waals surface area contributed by atoms with E-state index in [1.807, 2.05) is 6.20 Å². The summed E-state index contributed by atoms with van der Waals surface area (Å²) >= 11 is 0. The van der Waals surface area contributed by atoms with Gasteiger partial charge in [0, 0.05) is 42.6 Å². The van der Waals surface area contributed by atoms with Crippen LogP contribution in [0.2, 0.25) is 0 Å². The summed E-state index contributed by atoms with van der Waals surface area (Å²) in [4.78, 5) is 11.4. The first-order chi connectivity index (χ1) is 13.5. The van der Waals surface area contributed by atoms with Crippen LogP contribution in [0.5, 0.6) is 0 Å². The van der Waals surface area contributed by atoms with Gasteiger partial charge in [-0.15, -0.1) is 0 Å². The van der Waals surface area contributed by atoms with Crippen LogP contribution in [0.4, 0.5) is 17.5 Å². The lowest BCUT2D eigenvalue weighted by Gasteiger charge is -2.30. The van der Waals surface area contributed by atoms with Gasteiger partial charge in [0.15, 0.2) is 0 Å². The Labute approximate surface area is 169 Å². The molecule has 0 unspecified atom stereocenters. The highest BCUT2D eigenvalue weighted by Gasteiger charge is 2.21. The van der Waals surface area contributed by atoms with E-state index in [2.05, 4.69) is 78.0 Å². The Kier molecular flexibility index (Phi) is 7.23. The van der Waals surface area contributed by atoms with Crippen molar-refractivity contribution in [2.75, 3.05) is 37.8 Å². The number of rotatable bonds is 8. The molecule has 28 heavy (non-hydrogen) atoms. The van der Waals surface area contributed by atoms with Crippen molar-refractivity contribution in [1.29, 1.82) is 0 Å². The minimum atomic E-state index is 0.479. The number of benzene rings is 1. The normalized spacial score (nSPS) is 19.6. The molecule has 3 N–H and O–H groups in total. The third kappa shape index (κ3) is 6.17. The van der Waals surface area contributed by atoms with E-state index in [9.17, 15) is 0 Å². The van der Waals surface area contributed by atoms with Crippen LogP contribution in [0.3, 0.4) is 0 Å². The second-order valence-electron chi connectivity index (χ2n) is 8.17. The summed E-state index contributed by atoms with van der Waals surface area (Å²) in [6.45, 7) is 6.30. The van der Waals surface area contributed by atoms with Crippen molar-refractivity contribution in [1.82, 2.24) is 20.2 Å². The molecule has 6 heteroatoms. The highest BCUT2D eigenvalue weighted by atomic mass is 15.1. The fraction of sp³-hybridized carbons (Fsp3) is 0.545. The summed E-state index contributed by atoms with van der Waals surface area (Å²) in [6.07, 6.45) is 6.65. The first-order valence-electron chi connectivity index (χ1n) is 10.3. The molecule has 0 saturated heterocycles. The molecular weight excluding hydrogens is 348 g/mol. The Bertz CT molecular complexity index is 735. The molecule has 0 aliphatic heterocycles. The number of anilines is 3. The summed E-state index contributed by atoms with van der Waals surface area (Å²) in [5.74, 6) is 1.57. The maximum atomic E-state index is 4.72. The van der Waals surface area contributed by atoms with Crippen molar-refractivity contribution in [3.63, 3.8) is 0 Å². The fourth-order valence-corrected chi connectivity index (χ4v) is 3.54. The highest BCUT2D eigenvalue weighted by Crippen LogP contribution is 2.24. The van der Waals surface area contributed by atoms with Crippen molar-refractivity contribution in [3.05, 3.63) is 41.6 Å². The van der Waals surface area contributed by atoms with Crippen LogP contribution in [0.1, 0.15) is 36.8 Å². The van der Waals surface area contributed by atoms with Crippen LogP contribution in [0.15, 0.2) is 30.5 Å². The van der Waals surface area contributed by atoms with Gasteiger partial charge in [-0.2, -0.15) is 4.98 Å². The molecule has 6 nitrogen and oxygen atoms in total. The minimum absolute atomic E-state index is 0.479. The Morgan fingerprint density at radius 1 is 1.00 bits per heavy atom. The smallest absolute Gasteiger partial charge is 0.229 e. The number of nitrogens with one attached hydrogen (secondary N) is 3. The predicted octanol–water partition coefficient (Wildman–Crippen LogP) is 3.71. The van der Waals surface area contributed by atoms with E-state index < -0.39 is 0 Å². The maximum Gasteiger partial charge on any atom is 0.229 e. The number of aromatic nitrogens is 2.